The van der Waals surface area contributed by atoms with Crippen LogP contribution >= 0.6 is 11.6 Å². The molecule has 9 nitrogen and oxygen atoms in total. The van der Waals surface area contributed by atoms with E-state index in [2.05, 4.69) is 15.3 Å². The SMILES string of the molecule is CN(C(=O)c1cc2c(cc1Cl)nc(NC(=O)OC(C)(C)C)c1cncn12)[C@@H]1COc2cc(C(F)(F)F)ccc21. The van der Waals surface area contributed by atoms with Gasteiger partial charge in [0.05, 0.1) is 45.7 Å². The van der Waals surface area contributed by atoms with E-state index in [1.165, 1.54) is 36.6 Å². The molecule has 1 aliphatic heterocycles. The van der Waals surface area contributed by atoms with Gasteiger partial charge < -0.3 is 14.4 Å². The van der Waals surface area contributed by atoms with Crippen LogP contribution in [0.3, 0.4) is 0 Å². The number of amides is 2. The van der Waals surface area contributed by atoms with E-state index in [1.807, 2.05) is 0 Å². The highest BCUT2D eigenvalue weighted by Gasteiger charge is 2.36. The van der Waals surface area contributed by atoms with E-state index >= 15 is 0 Å². The zero-order valence-electron chi connectivity index (χ0n) is 21.3. The zero-order chi connectivity index (χ0) is 28.3. The first-order valence-corrected chi connectivity index (χ1v) is 12.2. The van der Waals surface area contributed by atoms with Crippen LogP contribution in [0.15, 0.2) is 42.9 Å². The molecular formula is C26H23ClF3N5O4. The fourth-order valence-corrected chi connectivity index (χ4v) is 4.59. The number of imidazole rings is 1. The van der Waals surface area contributed by atoms with E-state index in [4.69, 9.17) is 21.1 Å². The van der Waals surface area contributed by atoms with E-state index < -0.39 is 35.4 Å². The minimum absolute atomic E-state index is 0.00288. The van der Waals surface area contributed by atoms with Crippen molar-refractivity contribution in [2.75, 3.05) is 19.0 Å². The highest BCUT2D eigenvalue weighted by molar-refractivity contribution is 6.34. The van der Waals surface area contributed by atoms with Gasteiger partial charge in [0.25, 0.3) is 5.91 Å². The molecule has 39 heavy (non-hydrogen) atoms. The molecule has 5 rings (SSSR count). The number of ether oxygens (including phenoxy) is 2. The summed E-state index contributed by atoms with van der Waals surface area (Å²) in [5, 5.41) is 2.72. The molecule has 0 fully saturated rings. The van der Waals surface area contributed by atoms with Gasteiger partial charge in [-0.1, -0.05) is 17.7 Å². The predicted octanol–water partition coefficient (Wildman–Crippen LogP) is 6.11. The Morgan fingerprint density at radius 3 is 2.62 bits per heavy atom. The standard InChI is InChI=1S/C26H23ClF3N5O4/c1-25(2,3)39-24(37)33-22-19-10-31-12-35(19)18-8-15(16(27)9-17(18)32-22)23(36)34(4)20-11-38-21-7-13(26(28,29)30)5-6-14(20)21/h5-10,12,20H,11H2,1-4H3,(H,32,33,37)/t20-/m1/s1. The summed E-state index contributed by atoms with van der Waals surface area (Å²) in [5.74, 6) is -0.194. The molecule has 1 atom stereocenters. The summed E-state index contributed by atoms with van der Waals surface area (Å²) < 4.78 is 51.7. The summed E-state index contributed by atoms with van der Waals surface area (Å²) >= 11 is 6.51. The topological polar surface area (TPSA) is 98.1 Å². The lowest BCUT2D eigenvalue weighted by Gasteiger charge is -2.24. The number of nitrogens with one attached hydrogen (secondary N) is 1. The smallest absolute Gasteiger partial charge is 0.416 e. The Labute approximate surface area is 225 Å². The number of fused-ring (bicyclic) bond motifs is 4. The minimum Gasteiger partial charge on any atom is -0.491 e. The third kappa shape index (κ3) is 5.03. The minimum atomic E-state index is -4.51. The zero-order valence-corrected chi connectivity index (χ0v) is 22.0. The fourth-order valence-electron chi connectivity index (χ4n) is 4.35. The summed E-state index contributed by atoms with van der Waals surface area (Å²) in [7, 11) is 1.53. The van der Waals surface area contributed by atoms with Crippen LogP contribution in [-0.4, -0.2) is 50.5 Å². The van der Waals surface area contributed by atoms with E-state index in [0.717, 1.165) is 12.1 Å². The Morgan fingerprint density at radius 2 is 1.92 bits per heavy atom. The van der Waals surface area contributed by atoms with Gasteiger partial charge in [0.15, 0.2) is 5.82 Å². The second kappa shape index (κ2) is 9.30. The normalized spacial score (nSPS) is 15.2. The van der Waals surface area contributed by atoms with Crippen molar-refractivity contribution in [3.05, 3.63) is 64.6 Å². The van der Waals surface area contributed by atoms with Gasteiger partial charge >= 0.3 is 12.3 Å². The molecule has 0 aliphatic carbocycles. The van der Waals surface area contributed by atoms with Crippen LogP contribution in [0.25, 0.3) is 16.6 Å². The number of hydrogen-bond acceptors (Lipinski definition) is 6. The molecule has 13 heteroatoms. The molecule has 0 spiro atoms. The van der Waals surface area contributed by atoms with Crippen molar-refractivity contribution >= 4 is 46.0 Å². The molecule has 2 aromatic heterocycles. The Morgan fingerprint density at radius 1 is 1.18 bits per heavy atom. The Kier molecular flexibility index (Phi) is 6.33. The molecule has 0 saturated carbocycles. The Balaban J connectivity index is 1.48. The van der Waals surface area contributed by atoms with Crippen molar-refractivity contribution in [3.8, 4) is 5.75 Å². The summed E-state index contributed by atoms with van der Waals surface area (Å²) in [5.41, 5.74) is 0.408. The van der Waals surface area contributed by atoms with Crippen molar-refractivity contribution in [3.63, 3.8) is 0 Å². The van der Waals surface area contributed by atoms with Gasteiger partial charge in [-0.25, -0.2) is 14.8 Å². The molecule has 4 aromatic rings. The molecule has 0 radical (unpaired) electrons. The maximum atomic E-state index is 13.5. The van der Waals surface area contributed by atoms with Crippen LogP contribution < -0.4 is 10.1 Å². The Bertz CT molecular complexity index is 1630. The molecule has 0 bridgehead atoms. The second-order valence-electron chi connectivity index (χ2n) is 10.1. The number of aromatic nitrogens is 3. The molecule has 1 aliphatic rings. The van der Waals surface area contributed by atoms with Gasteiger partial charge in [0, 0.05) is 12.6 Å². The van der Waals surface area contributed by atoms with Gasteiger partial charge in [-0.05, 0) is 45.0 Å². The van der Waals surface area contributed by atoms with E-state index in [9.17, 15) is 22.8 Å². The molecule has 204 valence electrons. The number of rotatable bonds is 3. The van der Waals surface area contributed by atoms with Crippen molar-refractivity contribution in [1.29, 1.82) is 0 Å². The van der Waals surface area contributed by atoms with Crippen LogP contribution in [-0.2, 0) is 10.9 Å². The summed E-state index contributed by atoms with van der Waals surface area (Å²) in [6.45, 7) is 5.21. The summed E-state index contributed by atoms with van der Waals surface area (Å²) in [4.78, 5) is 35.9. The van der Waals surface area contributed by atoms with Crippen molar-refractivity contribution in [2.45, 2.75) is 38.6 Å². The lowest BCUT2D eigenvalue weighted by molar-refractivity contribution is -0.137. The lowest BCUT2D eigenvalue weighted by Crippen LogP contribution is -2.32. The van der Waals surface area contributed by atoms with Crippen LogP contribution in [0.5, 0.6) is 5.75 Å². The number of anilines is 1. The van der Waals surface area contributed by atoms with Gasteiger partial charge in [-0.2, -0.15) is 13.2 Å². The quantitative estimate of drug-likeness (QED) is 0.324. The van der Waals surface area contributed by atoms with Crippen molar-refractivity contribution < 1.29 is 32.2 Å². The molecule has 0 saturated heterocycles. The number of carbonyl (C=O) groups excluding carboxylic acids is 2. The average molecular weight is 562 g/mol. The molecule has 2 amide bonds. The van der Waals surface area contributed by atoms with Crippen LogP contribution in [0, 0.1) is 0 Å². The maximum Gasteiger partial charge on any atom is 0.416 e. The largest absolute Gasteiger partial charge is 0.491 e. The van der Waals surface area contributed by atoms with Crippen LogP contribution in [0.4, 0.5) is 23.8 Å². The van der Waals surface area contributed by atoms with Crippen LogP contribution in [0.2, 0.25) is 5.02 Å². The summed E-state index contributed by atoms with van der Waals surface area (Å²) in [6, 6.07) is 5.64. The number of halogens is 4. The highest BCUT2D eigenvalue weighted by atomic mass is 35.5. The molecule has 0 unspecified atom stereocenters. The number of likely N-dealkylation sites (N-methyl/N-ethyl adjacent to an activating group) is 1. The van der Waals surface area contributed by atoms with Gasteiger partial charge in [0.2, 0.25) is 0 Å². The molecular weight excluding hydrogens is 539 g/mol. The number of benzene rings is 2. The number of alkyl halides is 3. The maximum absolute atomic E-state index is 13.5. The van der Waals surface area contributed by atoms with Crippen LogP contribution in [0.1, 0.15) is 48.3 Å². The van der Waals surface area contributed by atoms with Gasteiger partial charge in [0.1, 0.15) is 23.5 Å². The van der Waals surface area contributed by atoms with Gasteiger partial charge in [-0.15, -0.1) is 0 Å². The fraction of sp³-hybridized carbons (Fsp3) is 0.308. The first kappa shape index (κ1) is 26.5. The third-order valence-corrected chi connectivity index (χ3v) is 6.48. The Hall–Kier alpha value is -4.06. The van der Waals surface area contributed by atoms with E-state index in [-0.39, 0.29) is 28.8 Å². The predicted molar refractivity (Wildman–Crippen MR) is 137 cm³/mol. The van der Waals surface area contributed by atoms with Crippen molar-refractivity contribution in [2.24, 2.45) is 0 Å². The van der Waals surface area contributed by atoms with Gasteiger partial charge in [-0.3, -0.25) is 14.5 Å². The number of nitrogens with zero attached hydrogens (tertiary/aromatic N) is 4. The average Bonchev–Trinajstić information content (AvgIpc) is 3.48. The third-order valence-electron chi connectivity index (χ3n) is 6.17. The van der Waals surface area contributed by atoms with Crippen molar-refractivity contribution in [1.82, 2.24) is 19.3 Å². The monoisotopic (exact) mass is 561 g/mol. The number of hydrogen-bond donors (Lipinski definition) is 1. The second-order valence-corrected chi connectivity index (χ2v) is 10.5. The van der Waals surface area contributed by atoms with E-state index in [0.29, 0.717) is 22.1 Å². The molecule has 2 aromatic carbocycles. The first-order chi connectivity index (χ1) is 18.2. The first-order valence-electron chi connectivity index (χ1n) is 11.8. The molecule has 1 N–H and O–H groups in total. The molecule has 3 heterocycles. The highest BCUT2D eigenvalue weighted by Crippen LogP contribution is 2.41. The van der Waals surface area contributed by atoms with E-state index in [1.54, 1.807) is 31.2 Å². The number of carbonyl (C=O) groups is 2. The lowest BCUT2D eigenvalue weighted by atomic mass is 10.0. The summed E-state index contributed by atoms with van der Waals surface area (Å²) in [6.07, 6.45) is -2.20.